The van der Waals surface area contributed by atoms with Crippen molar-refractivity contribution >= 4 is 5.91 Å². The molecule has 3 N–H and O–H groups in total. The van der Waals surface area contributed by atoms with Crippen LogP contribution in [-0.4, -0.2) is 54.2 Å². The lowest BCUT2D eigenvalue weighted by Crippen LogP contribution is -2.31. The molecule has 1 aromatic heterocycles. The fourth-order valence-electron chi connectivity index (χ4n) is 2.70. The second-order valence-electron chi connectivity index (χ2n) is 6.70. The summed E-state index contributed by atoms with van der Waals surface area (Å²) in [6, 6.07) is 8.23. The molecule has 1 heterocycles. The summed E-state index contributed by atoms with van der Waals surface area (Å²) >= 11 is 0. The van der Waals surface area contributed by atoms with Crippen LogP contribution >= 0.6 is 0 Å². The van der Waals surface area contributed by atoms with Gasteiger partial charge in [-0.3, -0.25) is 9.89 Å². The topological polar surface area (TPSA) is 73.0 Å². The SMILES string of the molecule is CNCCN(C)Cc1c[nH]nc1-c1ccc(CC(=O)NC(C)C)cc1. The highest BCUT2D eigenvalue weighted by Crippen LogP contribution is 2.22. The van der Waals surface area contributed by atoms with E-state index in [9.17, 15) is 4.79 Å². The van der Waals surface area contributed by atoms with Crippen molar-refractivity contribution in [2.75, 3.05) is 27.2 Å². The molecule has 6 nitrogen and oxygen atoms in total. The molecule has 2 aromatic rings. The smallest absolute Gasteiger partial charge is 0.224 e. The molecule has 0 fully saturated rings. The molecule has 1 aromatic carbocycles. The van der Waals surface area contributed by atoms with Gasteiger partial charge in [-0.15, -0.1) is 0 Å². The van der Waals surface area contributed by atoms with Crippen molar-refractivity contribution in [3.8, 4) is 11.3 Å². The van der Waals surface area contributed by atoms with Gasteiger partial charge in [0.25, 0.3) is 0 Å². The zero-order chi connectivity index (χ0) is 18.2. The summed E-state index contributed by atoms with van der Waals surface area (Å²) in [6.07, 6.45) is 2.35. The molecule has 0 atom stereocenters. The Morgan fingerprint density at radius 3 is 2.64 bits per heavy atom. The van der Waals surface area contributed by atoms with E-state index in [-0.39, 0.29) is 11.9 Å². The first kappa shape index (κ1) is 19.1. The first-order chi connectivity index (χ1) is 12.0. The van der Waals surface area contributed by atoms with Gasteiger partial charge < -0.3 is 15.5 Å². The van der Waals surface area contributed by atoms with E-state index >= 15 is 0 Å². The Morgan fingerprint density at radius 2 is 2.00 bits per heavy atom. The highest BCUT2D eigenvalue weighted by Gasteiger charge is 2.11. The van der Waals surface area contributed by atoms with Crippen molar-refractivity contribution in [1.29, 1.82) is 0 Å². The quantitative estimate of drug-likeness (QED) is 0.649. The lowest BCUT2D eigenvalue weighted by atomic mass is 10.0. The number of H-pyrrole nitrogens is 1. The molecule has 2 rings (SSSR count). The van der Waals surface area contributed by atoms with Crippen molar-refractivity contribution in [3.05, 3.63) is 41.6 Å². The molecule has 0 unspecified atom stereocenters. The molecule has 0 aliphatic rings. The minimum atomic E-state index is 0.0503. The average Bonchev–Trinajstić information content (AvgIpc) is 3.01. The monoisotopic (exact) mass is 343 g/mol. The van der Waals surface area contributed by atoms with Gasteiger partial charge >= 0.3 is 0 Å². The van der Waals surface area contributed by atoms with Gasteiger partial charge in [0.1, 0.15) is 0 Å². The molecule has 0 bridgehead atoms. The van der Waals surface area contributed by atoms with E-state index in [2.05, 4.69) is 32.8 Å². The van der Waals surface area contributed by atoms with Gasteiger partial charge in [-0.25, -0.2) is 0 Å². The molecule has 0 aliphatic heterocycles. The van der Waals surface area contributed by atoms with Gasteiger partial charge in [-0.05, 0) is 33.5 Å². The molecule has 136 valence electrons. The summed E-state index contributed by atoms with van der Waals surface area (Å²) < 4.78 is 0. The number of hydrogen-bond acceptors (Lipinski definition) is 4. The zero-order valence-corrected chi connectivity index (χ0v) is 15.6. The number of benzene rings is 1. The van der Waals surface area contributed by atoms with Crippen LogP contribution in [0.4, 0.5) is 0 Å². The Bertz CT molecular complexity index is 663. The standard InChI is InChI=1S/C19H29N5O/c1-14(2)22-18(25)11-15-5-7-16(8-6-15)19-17(12-21-23-19)13-24(4)10-9-20-3/h5-8,12,14,20H,9-11,13H2,1-4H3,(H,21,23)(H,22,25). The van der Waals surface area contributed by atoms with Gasteiger partial charge in [-0.2, -0.15) is 5.10 Å². The summed E-state index contributed by atoms with van der Waals surface area (Å²) in [5.74, 6) is 0.0503. The number of rotatable bonds is 9. The van der Waals surface area contributed by atoms with Crippen molar-refractivity contribution in [3.63, 3.8) is 0 Å². The first-order valence-corrected chi connectivity index (χ1v) is 8.74. The predicted octanol–water partition coefficient (Wildman–Crippen LogP) is 1.79. The molecular formula is C19H29N5O. The van der Waals surface area contributed by atoms with Gasteiger partial charge in [0, 0.05) is 43.0 Å². The second kappa shape index (κ2) is 9.34. The lowest BCUT2D eigenvalue weighted by molar-refractivity contribution is -0.120. The third-order valence-electron chi connectivity index (χ3n) is 3.94. The molecule has 6 heteroatoms. The van der Waals surface area contributed by atoms with E-state index in [0.29, 0.717) is 6.42 Å². The van der Waals surface area contributed by atoms with Crippen LogP contribution in [-0.2, 0) is 17.8 Å². The van der Waals surface area contributed by atoms with E-state index in [0.717, 1.165) is 36.5 Å². The van der Waals surface area contributed by atoms with Gasteiger partial charge in [0.2, 0.25) is 5.91 Å². The summed E-state index contributed by atoms with van der Waals surface area (Å²) in [5, 5.41) is 13.4. The van der Waals surface area contributed by atoms with E-state index in [1.807, 2.05) is 51.4 Å². The Labute approximate surface area is 150 Å². The number of aromatic amines is 1. The maximum Gasteiger partial charge on any atom is 0.224 e. The summed E-state index contributed by atoms with van der Waals surface area (Å²) in [5.41, 5.74) is 4.20. The van der Waals surface area contributed by atoms with Crippen LogP contribution in [0.5, 0.6) is 0 Å². The summed E-state index contributed by atoms with van der Waals surface area (Å²) in [4.78, 5) is 14.1. The second-order valence-corrected chi connectivity index (χ2v) is 6.70. The number of likely N-dealkylation sites (N-methyl/N-ethyl adjacent to an activating group) is 2. The molecule has 0 saturated heterocycles. The summed E-state index contributed by atoms with van der Waals surface area (Å²) in [6.45, 7) is 6.70. The highest BCUT2D eigenvalue weighted by atomic mass is 16.1. The van der Waals surface area contributed by atoms with Crippen molar-refractivity contribution in [1.82, 2.24) is 25.7 Å². The normalized spacial score (nSPS) is 11.3. The van der Waals surface area contributed by atoms with Gasteiger partial charge in [0.05, 0.1) is 12.1 Å². The van der Waals surface area contributed by atoms with Crippen molar-refractivity contribution in [2.24, 2.45) is 0 Å². The maximum absolute atomic E-state index is 11.9. The van der Waals surface area contributed by atoms with Crippen LogP contribution < -0.4 is 10.6 Å². The Kier molecular flexibility index (Phi) is 7.16. The third-order valence-corrected chi connectivity index (χ3v) is 3.94. The number of carbonyl (C=O) groups is 1. The zero-order valence-electron chi connectivity index (χ0n) is 15.6. The van der Waals surface area contributed by atoms with Crippen molar-refractivity contribution < 1.29 is 4.79 Å². The number of carbonyl (C=O) groups excluding carboxylic acids is 1. The predicted molar refractivity (Wildman–Crippen MR) is 101 cm³/mol. The van der Waals surface area contributed by atoms with E-state index < -0.39 is 0 Å². The molecule has 25 heavy (non-hydrogen) atoms. The van der Waals surface area contributed by atoms with Crippen LogP contribution in [0.25, 0.3) is 11.3 Å². The minimum Gasteiger partial charge on any atom is -0.354 e. The van der Waals surface area contributed by atoms with E-state index in [1.165, 1.54) is 5.56 Å². The highest BCUT2D eigenvalue weighted by molar-refractivity contribution is 5.79. The fraction of sp³-hybridized carbons (Fsp3) is 0.474. The van der Waals surface area contributed by atoms with Crippen LogP contribution in [0, 0.1) is 0 Å². The average molecular weight is 343 g/mol. The molecule has 0 spiro atoms. The number of amides is 1. The lowest BCUT2D eigenvalue weighted by Gasteiger charge is -2.16. The Hall–Kier alpha value is -2.18. The molecular weight excluding hydrogens is 314 g/mol. The number of nitrogens with one attached hydrogen (secondary N) is 3. The number of hydrogen-bond donors (Lipinski definition) is 3. The molecule has 0 aliphatic carbocycles. The molecule has 0 saturated carbocycles. The van der Waals surface area contributed by atoms with Crippen LogP contribution in [0.2, 0.25) is 0 Å². The number of nitrogens with zero attached hydrogens (tertiary/aromatic N) is 2. The van der Waals surface area contributed by atoms with Gasteiger partial charge in [-0.1, -0.05) is 24.3 Å². The van der Waals surface area contributed by atoms with Gasteiger partial charge in [0.15, 0.2) is 0 Å². The molecule has 1 amide bonds. The van der Waals surface area contributed by atoms with Crippen LogP contribution in [0.15, 0.2) is 30.5 Å². The van der Waals surface area contributed by atoms with E-state index in [4.69, 9.17) is 0 Å². The summed E-state index contributed by atoms with van der Waals surface area (Å²) in [7, 11) is 4.06. The van der Waals surface area contributed by atoms with Crippen molar-refractivity contribution in [2.45, 2.75) is 32.9 Å². The minimum absolute atomic E-state index is 0.0503. The Balaban J connectivity index is 2.03. The maximum atomic E-state index is 11.9. The fourth-order valence-corrected chi connectivity index (χ4v) is 2.70. The molecule has 0 radical (unpaired) electrons. The third kappa shape index (κ3) is 5.99. The Morgan fingerprint density at radius 1 is 1.28 bits per heavy atom. The van der Waals surface area contributed by atoms with E-state index in [1.54, 1.807) is 0 Å². The number of aromatic nitrogens is 2. The first-order valence-electron chi connectivity index (χ1n) is 8.74. The largest absolute Gasteiger partial charge is 0.354 e. The van der Waals surface area contributed by atoms with Crippen LogP contribution in [0.1, 0.15) is 25.0 Å². The van der Waals surface area contributed by atoms with Crippen LogP contribution in [0.3, 0.4) is 0 Å².